The minimum Gasteiger partial charge on any atom is -0.396 e. The summed E-state index contributed by atoms with van der Waals surface area (Å²) in [5.74, 6) is 0. The standard InChI is InChI=1S/C15H36OSi2.C15H32OSi2/c2*1-17(2,3)14-15-18(4,5)13-11-9-7-6-8-10-12-16/h16H,6-15H2,1-5H3;16H,6-13H2,1-5H3. The highest BCUT2D eigenvalue weighted by Gasteiger charge is 2.23. The van der Waals surface area contributed by atoms with Gasteiger partial charge in [0.1, 0.15) is 16.1 Å². The van der Waals surface area contributed by atoms with E-state index in [0.29, 0.717) is 13.2 Å². The molecular formula is C30H68O2Si4. The predicted octanol–water partition coefficient (Wildman–Crippen LogP) is 9.81. The molecule has 0 aliphatic heterocycles. The molecule has 36 heavy (non-hydrogen) atoms. The molecular weight excluding hydrogens is 505 g/mol. The van der Waals surface area contributed by atoms with Gasteiger partial charge in [-0.05, 0) is 18.9 Å². The van der Waals surface area contributed by atoms with Gasteiger partial charge in [-0.15, -0.1) is 11.1 Å². The summed E-state index contributed by atoms with van der Waals surface area (Å²) < 4.78 is 0. The van der Waals surface area contributed by atoms with E-state index in [4.69, 9.17) is 10.2 Å². The van der Waals surface area contributed by atoms with Crippen molar-refractivity contribution in [2.75, 3.05) is 13.2 Å². The number of rotatable bonds is 19. The van der Waals surface area contributed by atoms with Crippen molar-refractivity contribution in [2.24, 2.45) is 0 Å². The number of aliphatic hydroxyl groups is 2. The third-order valence-electron chi connectivity index (χ3n) is 6.80. The van der Waals surface area contributed by atoms with Crippen molar-refractivity contribution in [2.45, 2.75) is 167 Å². The van der Waals surface area contributed by atoms with Gasteiger partial charge >= 0.3 is 0 Å². The lowest BCUT2D eigenvalue weighted by Gasteiger charge is -2.26. The highest BCUT2D eigenvalue weighted by molar-refractivity contribution is 6.89. The van der Waals surface area contributed by atoms with Crippen LogP contribution in [0.4, 0.5) is 0 Å². The van der Waals surface area contributed by atoms with Gasteiger partial charge in [-0.3, -0.25) is 0 Å². The van der Waals surface area contributed by atoms with Crippen LogP contribution >= 0.6 is 0 Å². The van der Waals surface area contributed by atoms with E-state index in [1.807, 2.05) is 0 Å². The van der Waals surface area contributed by atoms with E-state index >= 15 is 0 Å². The van der Waals surface area contributed by atoms with Crippen LogP contribution < -0.4 is 0 Å². The summed E-state index contributed by atoms with van der Waals surface area (Å²) in [4.78, 5) is 0. The van der Waals surface area contributed by atoms with E-state index in [0.717, 1.165) is 12.8 Å². The highest BCUT2D eigenvalue weighted by Crippen LogP contribution is 2.25. The average Bonchev–Trinajstić information content (AvgIpc) is 2.75. The topological polar surface area (TPSA) is 40.5 Å². The summed E-state index contributed by atoms with van der Waals surface area (Å²) in [5, 5.41) is 17.4. The molecule has 2 N–H and O–H groups in total. The quantitative estimate of drug-likeness (QED) is 0.0918. The van der Waals surface area contributed by atoms with Crippen molar-refractivity contribution in [3.63, 3.8) is 0 Å². The Morgan fingerprint density at radius 3 is 1.19 bits per heavy atom. The Bertz CT molecular complexity index is 566. The van der Waals surface area contributed by atoms with Gasteiger partial charge in [0.15, 0.2) is 0 Å². The second-order valence-corrected chi connectivity index (χ2v) is 35.0. The summed E-state index contributed by atoms with van der Waals surface area (Å²) in [6.45, 7) is 25.2. The molecule has 0 aliphatic carbocycles. The molecule has 216 valence electrons. The van der Waals surface area contributed by atoms with Crippen molar-refractivity contribution in [3.05, 3.63) is 0 Å². The second kappa shape index (κ2) is 21.2. The zero-order valence-electron chi connectivity index (χ0n) is 26.6. The molecule has 0 fully saturated rings. The third kappa shape index (κ3) is 32.4. The first kappa shape index (κ1) is 38.5. The Kier molecular flexibility index (Phi) is 22.7. The van der Waals surface area contributed by atoms with Gasteiger partial charge in [-0.2, -0.15) is 0 Å². The van der Waals surface area contributed by atoms with Gasteiger partial charge < -0.3 is 10.2 Å². The maximum Gasteiger partial charge on any atom is 0.131 e. The molecule has 0 spiro atoms. The van der Waals surface area contributed by atoms with E-state index in [-0.39, 0.29) is 0 Å². The zero-order chi connectivity index (χ0) is 28.1. The molecule has 0 amide bonds. The van der Waals surface area contributed by atoms with Gasteiger partial charge in [0, 0.05) is 29.4 Å². The molecule has 0 rings (SSSR count). The fraction of sp³-hybridized carbons (Fsp3) is 0.933. The predicted molar refractivity (Wildman–Crippen MR) is 178 cm³/mol. The summed E-state index contributed by atoms with van der Waals surface area (Å²) in [5.41, 5.74) is 7.18. The minimum atomic E-state index is -1.25. The third-order valence-corrected chi connectivity index (χ3v) is 15.9. The lowest BCUT2D eigenvalue weighted by Crippen LogP contribution is -2.30. The van der Waals surface area contributed by atoms with Gasteiger partial charge in [0.25, 0.3) is 0 Å². The van der Waals surface area contributed by atoms with Crippen molar-refractivity contribution in [3.8, 4) is 11.1 Å². The maximum absolute atomic E-state index is 8.71. The van der Waals surface area contributed by atoms with Crippen LogP contribution in [0.3, 0.4) is 0 Å². The Labute approximate surface area is 232 Å². The van der Waals surface area contributed by atoms with E-state index in [1.165, 1.54) is 82.3 Å². The highest BCUT2D eigenvalue weighted by atomic mass is 28.3. The van der Waals surface area contributed by atoms with Gasteiger partial charge in [-0.1, -0.05) is 148 Å². The molecule has 0 saturated heterocycles. The first-order valence-electron chi connectivity index (χ1n) is 15.3. The largest absolute Gasteiger partial charge is 0.396 e. The molecule has 0 saturated carbocycles. The number of aliphatic hydroxyl groups excluding tert-OH is 2. The van der Waals surface area contributed by atoms with Crippen molar-refractivity contribution < 1.29 is 10.2 Å². The molecule has 0 unspecified atom stereocenters. The van der Waals surface area contributed by atoms with E-state index in [1.54, 1.807) is 6.04 Å². The molecule has 0 atom stereocenters. The fourth-order valence-electron chi connectivity index (χ4n) is 4.07. The molecule has 0 radical (unpaired) electrons. The summed E-state index contributed by atoms with van der Waals surface area (Å²) in [6, 6.07) is 5.96. The first-order chi connectivity index (χ1) is 16.5. The Morgan fingerprint density at radius 1 is 0.417 bits per heavy atom. The summed E-state index contributed by atoms with van der Waals surface area (Å²) in [7, 11) is -4.16. The van der Waals surface area contributed by atoms with Crippen LogP contribution in [0.5, 0.6) is 0 Å². The van der Waals surface area contributed by atoms with Crippen molar-refractivity contribution in [1.29, 1.82) is 0 Å². The molecule has 0 aromatic carbocycles. The normalized spacial score (nSPS) is 12.6. The van der Waals surface area contributed by atoms with Crippen LogP contribution in [0.1, 0.15) is 77.0 Å². The number of unbranched alkanes of at least 4 members (excludes halogenated alkanes) is 10. The van der Waals surface area contributed by atoms with Gasteiger partial charge in [0.2, 0.25) is 0 Å². The fourth-order valence-corrected chi connectivity index (χ4v) is 15.3. The summed E-state index contributed by atoms with van der Waals surface area (Å²) in [6.07, 6.45) is 15.2. The maximum atomic E-state index is 8.71. The van der Waals surface area contributed by atoms with Gasteiger partial charge in [0.05, 0.1) is 0 Å². The van der Waals surface area contributed by atoms with Crippen LogP contribution in [0.2, 0.25) is 89.6 Å². The molecule has 0 heterocycles. The zero-order valence-corrected chi connectivity index (χ0v) is 30.6. The SMILES string of the molecule is C[Si](C)(C)C#C[Si](C)(C)CCCCCCCCO.C[Si](C)(C)CC[Si](C)(C)CCCCCCCCO. The van der Waals surface area contributed by atoms with Crippen LogP contribution in [-0.4, -0.2) is 55.7 Å². The molecule has 0 bridgehead atoms. The molecule has 2 nitrogen and oxygen atoms in total. The Morgan fingerprint density at radius 2 is 0.806 bits per heavy atom. The van der Waals surface area contributed by atoms with Crippen LogP contribution in [0, 0.1) is 11.1 Å². The van der Waals surface area contributed by atoms with Crippen LogP contribution in [0.15, 0.2) is 0 Å². The molecule has 0 aromatic rings. The second-order valence-electron chi connectivity index (χ2n) is 14.8. The van der Waals surface area contributed by atoms with Crippen molar-refractivity contribution >= 4 is 32.3 Å². The molecule has 0 aromatic heterocycles. The van der Waals surface area contributed by atoms with E-state index in [2.05, 4.69) is 76.6 Å². The average molecular weight is 573 g/mol. The first-order valence-corrected chi connectivity index (χ1v) is 29.1. The lowest BCUT2D eigenvalue weighted by atomic mass is 10.1. The summed E-state index contributed by atoms with van der Waals surface area (Å²) >= 11 is 0. The van der Waals surface area contributed by atoms with E-state index in [9.17, 15) is 0 Å². The van der Waals surface area contributed by atoms with E-state index < -0.39 is 32.3 Å². The minimum absolute atomic E-state index is 0.353. The molecule has 0 aliphatic rings. The Balaban J connectivity index is 0. The van der Waals surface area contributed by atoms with Crippen LogP contribution in [0.25, 0.3) is 0 Å². The lowest BCUT2D eigenvalue weighted by molar-refractivity contribution is 0.282. The number of hydrogen-bond acceptors (Lipinski definition) is 2. The monoisotopic (exact) mass is 572 g/mol. The smallest absolute Gasteiger partial charge is 0.131 e. The molecule has 6 heteroatoms. The number of hydrogen-bond donors (Lipinski definition) is 2. The van der Waals surface area contributed by atoms with Crippen LogP contribution in [-0.2, 0) is 0 Å². The van der Waals surface area contributed by atoms with Crippen molar-refractivity contribution in [1.82, 2.24) is 0 Å². The Hall–Kier alpha value is 0.348. The van der Waals surface area contributed by atoms with Gasteiger partial charge in [-0.25, -0.2) is 0 Å².